The molecule has 2 aliphatic heterocycles. The molecule has 2 saturated heterocycles. The number of likely N-dealkylation sites (tertiary alicyclic amines) is 1. The summed E-state index contributed by atoms with van der Waals surface area (Å²) in [7, 11) is 1.46. The summed E-state index contributed by atoms with van der Waals surface area (Å²) in [5.74, 6) is 1.32. The van der Waals surface area contributed by atoms with Gasteiger partial charge in [-0.2, -0.15) is 0 Å². The largest absolute Gasteiger partial charge is 0.468 e. The zero-order valence-electron chi connectivity index (χ0n) is 10.2. The average Bonchev–Trinajstić information content (AvgIpc) is 2.95. The van der Waals surface area contributed by atoms with Crippen LogP contribution < -0.4 is 5.32 Å². The van der Waals surface area contributed by atoms with E-state index in [1.54, 1.807) is 0 Å². The SMILES string of the molecule is CCN1CCC(C2CNC(C(=O)OC)C2)C1. The van der Waals surface area contributed by atoms with Crippen molar-refractivity contribution in [3.05, 3.63) is 0 Å². The van der Waals surface area contributed by atoms with Gasteiger partial charge in [-0.25, -0.2) is 0 Å². The molecule has 2 heterocycles. The Morgan fingerprint density at radius 3 is 2.94 bits per heavy atom. The lowest BCUT2D eigenvalue weighted by atomic mass is 9.89. The van der Waals surface area contributed by atoms with Crippen LogP contribution in [0, 0.1) is 11.8 Å². The van der Waals surface area contributed by atoms with Gasteiger partial charge in [0.15, 0.2) is 0 Å². The number of carbonyl (C=O) groups excluding carboxylic acids is 1. The molecule has 0 amide bonds. The second kappa shape index (κ2) is 5.15. The molecule has 4 nitrogen and oxygen atoms in total. The van der Waals surface area contributed by atoms with E-state index in [1.165, 1.54) is 26.6 Å². The van der Waals surface area contributed by atoms with E-state index in [2.05, 4.69) is 17.1 Å². The Morgan fingerprint density at radius 1 is 1.50 bits per heavy atom. The first kappa shape index (κ1) is 11.9. The highest BCUT2D eigenvalue weighted by Gasteiger charge is 2.36. The zero-order valence-corrected chi connectivity index (χ0v) is 10.2. The highest BCUT2D eigenvalue weighted by atomic mass is 16.5. The number of nitrogens with zero attached hydrogens (tertiary/aromatic N) is 1. The van der Waals surface area contributed by atoms with Gasteiger partial charge in [-0.1, -0.05) is 6.92 Å². The Labute approximate surface area is 97.3 Å². The van der Waals surface area contributed by atoms with Crippen molar-refractivity contribution >= 4 is 5.97 Å². The van der Waals surface area contributed by atoms with Gasteiger partial charge in [0.25, 0.3) is 0 Å². The van der Waals surface area contributed by atoms with Crippen molar-refractivity contribution in [3.63, 3.8) is 0 Å². The van der Waals surface area contributed by atoms with Crippen molar-refractivity contribution in [2.24, 2.45) is 11.8 Å². The van der Waals surface area contributed by atoms with Crippen LogP contribution in [-0.4, -0.2) is 50.2 Å². The maximum atomic E-state index is 11.4. The number of hydrogen-bond acceptors (Lipinski definition) is 4. The molecule has 0 aromatic heterocycles. The molecule has 0 saturated carbocycles. The Hall–Kier alpha value is -0.610. The van der Waals surface area contributed by atoms with Gasteiger partial charge in [-0.05, 0) is 44.3 Å². The number of nitrogens with one attached hydrogen (secondary N) is 1. The third-order valence-corrected chi connectivity index (χ3v) is 4.07. The summed E-state index contributed by atoms with van der Waals surface area (Å²) in [5.41, 5.74) is 0. The summed E-state index contributed by atoms with van der Waals surface area (Å²) in [6, 6.07) is -0.0642. The van der Waals surface area contributed by atoms with Crippen molar-refractivity contribution in [1.29, 1.82) is 0 Å². The van der Waals surface area contributed by atoms with Crippen LogP contribution in [0.5, 0.6) is 0 Å². The molecule has 0 aromatic rings. The Morgan fingerprint density at radius 2 is 2.31 bits per heavy atom. The number of ether oxygens (including phenoxy) is 1. The van der Waals surface area contributed by atoms with E-state index in [1.807, 2.05) is 0 Å². The first-order valence-electron chi connectivity index (χ1n) is 6.28. The monoisotopic (exact) mass is 226 g/mol. The highest BCUT2D eigenvalue weighted by Crippen LogP contribution is 2.30. The Kier molecular flexibility index (Phi) is 3.82. The van der Waals surface area contributed by atoms with E-state index < -0.39 is 0 Å². The fraction of sp³-hybridized carbons (Fsp3) is 0.917. The summed E-state index contributed by atoms with van der Waals surface area (Å²) in [6.45, 7) is 6.77. The molecule has 0 spiro atoms. The Bertz CT molecular complexity index is 257. The second-order valence-electron chi connectivity index (χ2n) is 4.92. The normalized spacial score (nSPS) is 35.5. The predicted molar refractivity (Wildman–Crippen MR) is 62.1 cm³/mol. The predicted octanol–water partition coefficient (Wildman–Crippen LogP) is 0.479. The van der Waals surface area contributed by atoms with Crippen LogP contribution in [0.4, 0.5) is 0 Å². The fourth-order valence-corrected chi connectivity index (χ4v) is 2.98. The van der Waals surface area contributed by atoms with E-state index in [0.29, 0.717) is 5.92 Å². The van der Waals surface area contributed by atoms with Crippen molar-refractivity contribution in [1.82, 2.24) is 10.2 Å². The molecule has 2 fully saturated rings. The number of rotatable bonds is 3. The molecular weight excluding hydrogens is 204 g/mol. The molecule has 0 aromatic carbocycles. The molecule has 4 heteroatoms. The van der Waals surface area contributed by atoms with Crippen molar-refractivity contribution < 1.29 is 9.53 Å². The number of hydrogen-bond donors (Lipinski definition) is 1. The summed E-state index contributed by atoms with van der Waals surface area (Å²) in [6.07, 6.45) is 2.24. The van der Waals surface area contributed by atoms with E-state index in [-0.39, 0.29) is 12.0 Å². The first-order valence-corrected chi connectivity index (χ1v) is 6.28. The van der Waals surface area contributed by atoms with E-state index in [4.69, 9.17) is 4.74 Å². The third-order valence-electron chi connectivity index (χ3n) is 4.07. The van der Waals surface area contributed by atoms with Gasteiger partial charge in [0, 0.05) is 6.54 Å². The molecule has 0 radical (unpaired) electrons. The lowest BCUT2D eigenvalue weighted by molar-refractivity contribution is -0.142. The quantitative estimate of drug-likeness (QED) is 0.711. The second-order valence-corrected chi connectivity index (χ2v) is 4.92. The van der Waals surface area contributed by atoms with Crippen LogP contribution in [0.15, 0.2) is 0 Å². The maximum Gasteiger partial charge on any atom is 0.322 e. The lowest BCUT2D eigenvalue weighted by Gasteiger charge is -2.18. The minimum absolute atomic E-state index is 0.0642. The number of esters is 1. The summed E-state index contributed by atoms with van der Waals surface area (Å²) >= 11 is 0. The van der Waals surface area contributed by atoms with Crippen LogP contribution in [0.1, 0.15) is 19.8 Å². The molecule has 0 bridgehead atoms. The molecule has 1 N–H and O–H groups in total. The molecule has 3 atom stereocenters. The van der Waals surface area contributed by atoms with Crippen molar-refractivity contribution in [3.8, 4) is 0 Å². The summed E-state index contributed by atoms with van der Waals surface area (Å²) in [5, 5.41) is 3.27. The van der Waals surface area contributed by atoms with Crippen molar-refractivity contribution in [2.45, 2.75) is 25.8 Å². The van der Waals surface area contributed by atoms with Crippen LogP contribution in [0.2, 0.25) is 0 Å². The van der Waals surface area contributed by atoms with Gasteiger partial charge < -0.3 is 15.0 Å². The summed E-state index contributed by atoms with van der Waals surface area (Å²) < 4.78 is 4.78. The molecule has 2 rings (SSSR count). The van der Waals surface area contributed by atoms with Crippen LogP contribution >= 0.6 is 0 Å². The maximum absolute atomic E-state index is 11.4. The van der Waals surface area contributed by atoms with Gasteiger partial charge in [0.2, 0.25) is 0 Å². The Balaban J connectivity index is 1.83. The zero-order chi connectivity index (χ0) is 11.5. The smallest absolute Gasteiger partial charge is 0.322 e. The van der Waals surface area contributed by atoms with Gasteiger partial charge >= 0.3 is 5.97 Å². The molecule has 0 aliphatic carbocycles. The van der Waals surface area contributed by atoms with Crippen molar-refractivity contribution in [2.75, 3.05) is 33.3 Å². The van der Waals surface area contributed by atoms with Gasteiger partial charge in [-0.3, -0.25) is 4.79 Å². The minimum atomic E-state index is -0.104. The lowest BCUT2D eigenvalue weighted by Crippen LogP contribution is -2.31. The van der Waals surface area contributed by atoms with E-state index in [0.717, 1.165) is 25.4 Å². The van der Waals surface area contributed by atoms with Gasteiger partial charge in [0.05, 0.1) is 7.11 Å². The standard InChI is InChI=1S/C12H22N2O2/c1-3-14-5-4-9(8-14)10-6-11(13-7-10)12(15)16-2/h9-11,13H,3-8H2,1-2H3. The molecule has 16 heavy (non-hydrogen) atoms. The van der Waals surface area contributed by atoms with Crippen LogP contribution in [-0.2, 0) is 9.53 Å². The first-order chi connectivity index (χ1) is 7.74. The van der Waals surface area contributed by atoms with E-state index in [9.17, 15) is 4.79 Å². The molecule has 92 valence electrons. The molecule has 2 aliphatic rings. The third kappa shape index (κ3) is 2.38. The van der Waals surface area contributed by atoms with Gasteiger partial charge in [0.1, 0.15) is 6.04 Å². The van der Waals surface area contributed by atoms with E-state index >= 15 is 0 Å². The van der Waals surface area contributed by atoms with Crippen LogP contribution in [0.3, 0.4) is 0 Å². The summed E-state index contributed by atoms with van der Waals surface area (Å²) in [4.78, 5) is 13.9. The van der Waals surface area contributed by atoms with Crippen LogP contribution in [0.25, 0.3) is 0 Å². The molecule has 3 unspecified atom stereocenters. The topological polar surface area (TPSA) is 41.6 Å². The number of methoxy groups -OCH3 is 1. The fourth-order valence-electron chi connectivity index (χ4n) is 2.98. The van der Waals surface area contributed by atoms with Gasteiger partial charge in [-0.15, -0.1) is 0 Å². The minimum Gasteiger partial charge on any atom is -0.468 e. The highest BCUT2D eigenvalue weighted by molar-refractivity contribution is 5.76. The molecular formula is C12H22N2O2. The number of carbonyl (C=O) groups is 1. The average molecular weight is 226 g/mol.